The van der Waals surface area contributed by atoms with E-state index in [-0.39, 0.29) is 4.90 Å². The second-order valence-corrected chi connectivity index (χ2v) is 7.64. The van der Waals surface area contributed by atoms with Crippen LogP contribution in [0.5, 0.6) is 0 Å². The molecule has 0 heterocycles. The number of carbonyl (C=O) groups is 1. The summed E-state index contributed by atoms with van der Waals surface area (Å²) in [7, 11) is -3.87. The minimum Gasteiger partial charge on any atom is -0.368 e. The molecule has 0 aliphatic heterocycles. The van der Waals surface area contributed by atoms with Crippen LogP contribution in [-0.4, -0.2) is 14.3 Å². The van der Waals surface area contributed by atoms with Crippen molar-refractivity contribution in [1.29, 1.82) is 0 Å². The lowest BCUT2D eigenvalue weighted by Crippen LogP contribution is -2.28. The average Bonchev–Trinajstić information content (AvgIpc) is 2.41. The molecule has 2 rings (SSSR count). The van der Waals surface area contributed by atoms with Crippen LogP contribution in [0.2, 0.25) is 0 Å². The van der Waals surface area contributed by atoms with Crippen molar-refractivity contribution in [1.82, 2.24) is 0 Å². The maximum absolute atomic E-state index is 12.7. The van der Waals surface area contributed by atoms with Crippen LogP contribution in [0.1, 0.15) is 16.4 Å². The zero-order valence-electron chi connectivity index (χ0n) is 11.3. The first-order valence-electron chi connectivity index (χ1n) is 6.18. The van der Waals surface area contributed by atoms with E-state index < -0.39 is 21.0 Å². The van der Waals surface area contributed by atoms with E-state index in [0.717, 1.165) is 10.0 Å². The molecule has 0 radical (unpaired) electrons. The van der Waals surface area contributed by atoms with Gasteiger partial charge in [0, 0.05) is 4.47 Å². The summed E-state index contributed by atoms with van der Waals surface area (Å²) in [5.74, 6) is -0.891. The smallest absolute Gasteiger partial charge is 0.240 e. The molecule has 21 heavy (non-hydrogen) atoms. The first kappa shape index (κ1) is 15.7. The molecule has 0 aromatic heterocycles. The summed E-state index contributed by atoms with van der Waals surface area (Å²) in [4.78, 5) is 11.8. The number of rotatable bonds is 4. The van der Waals surface area contributed by atoms with E-state index in [4.69, 9.17) is 5.73 Å². The number of sulfone groups is 1. The van der Waals surface area contributed by atoms with Gasteiger partial charge in [-0.2, -0.15) is 0 Å². The van der Waals surface area contributed by atoms with Gasteiger partial charge in [-0.15, -0.1) is 0 Å². The van der Waals surface area contributed by atoms with Crippen LogP contribution in [0.15, 0.2) is 57.9 Å². The Morgan fingerprint density at radius 2 is 1.57 bits per heavy atom. The molecule has 0 bridgehead atoms. The second-order valence-electron chi connectivity index (χ2n) is 4.69. The van der Waals surface area contributed by atoms with Crippen molar-refractivity contribution in [2.45, 2.75) is 17.1 Å². The fourth-order valence-corrected chi connectivity index (χ4v) is 3.87. The molecular weight excluding hydrogens is 354 g/mol. The normalized spacial score (nSPS) is 12.9. The molecule has 4 nitrogen and oxygen atoms in total. The number of primary amides is 1. The van der Waals surface area contributed by atoms with E-state index in [1.54, 1.807) is 36.4 Å². The molecule has 110 valence electrons. The zero-order valence-corrected chi connectivity index (χ0v) is 13.7. The Balaban J connectivity index is 2.54. The molecular formula is C15H14BrNO3S. The minimum absolute atomic E-state index is 0.0832. The first-order chi connectivity index (χ1) is 9.82. The van der Waals surface area contributed by atoms with Crippen LogP contribution in [0.25, 0.3) is 0 Å². The number of aryl methyl sites for hydroxylation is 1. The van der Waals surface area contributed by atoms with Gasteiger partial charge >= 0.3 is 0 Å². The monoisotopic (exact) mass is 367 g/mol. The zero-order chi connectivity index (χ0) is 15.6. The first-order valence-corrected chi connectivity index (χ1v) is 8.51. The Kier molecular flexibility index (Phi) is 4.49. The molecule has 2 aromatic carbocycles. The van der Waals surface area contributed by atoms with Crippen LogP contribution >= 0.6 is 15.9 Å². The van der Waals surface area contributed by atoms with Crippen LogP contribution in [-0.2, 0) is 14.6 Å². The quantitative estimate of drug-likeness (QED) is 0.902. The molecule has 1 unspecified atom stereocenters. The van der Waals surface area contributed by atoms with E-state index in [1.165, 1.54) is 12.1 Å². The molecule has 0 aliphatic rings. The maximum atomic E-state index is 12.7. The number of hydrogen-bond donors (Lipinski definition) is 1. The Labute approximate surface area is 132 Å². The van der Waals surface area contributed by atoms with Crippen LogP contribution in [0.3, 0.4) is 0 Å². The SMILES string of the molecule is Cc1ccc(S(=O)(=O)C(C(N)=O)c2ccc(Br)cc2)cc1. The highest BCUT2D eigenvalue weighted by molar-refractivity contribution is 9.10. The van der Waals surface area contributed by atoms with Crippen LogP contribution in [0.4, 0.5) is 0 Å². The molecule has 6 heteroatoms. The lowest BCUT2D eigenvalue weighted by Gasteiger charge is -2.15. The summed E-state index contributed by atoms with van der Waals surface area (Å²) in [6.07, 6.45) is 0. The lowest BCUT2D eigenvalue weighted by atomic mass is 10.1. The van der Waals surface area contributed by atoms with E-state index in [9.17, 15) is 13.2 Å². The highest BCUT2D eigenvalue weighted by atomic mass is 79.9. The third-order valence-corrected chi connectivity index (χ3v) is 5.67. The highest BCUT2D eigenvalue weighted by Crippen LogP contribution is 2.29. The summed E-state index contributed by atoms with van der Waals surface area (Å²) >= 11 is 3.27. The Bertz CT molecular complexity index is 753. The number of hydrogen-bond acceptors (Lipinski definition) is 3. The van der Waals surface area contributed by atoms with Crippen molar-refractivity contribution >= 4 is 31.7 Å². The van der Waals surface area contributed by atoms with Crippen molar-refractivity contribution in [3.8, 4) is 0 Å². The molecule has 0 fully saturated rings. The van der Waals surface area contributed by atoms with Gasteiger partial charge in [-0.1, -0.05) is 45.8 Å². The standard InChI is InChI=1S/C15H14BrNO3S/c1-10-2-8-13(9-3-10)21(19,20)14(15(17)18)11-4-6-12(16)7-5-11/h2-9,14H,1H3,(H2,17,18). The van der Waals surface area contributed by atoms with Gasteiger partial charge in [-0.25, -0.2) is 8.42 Å². The van der Waals surface area contributed by atoms with Gasteiger partial charge in [0.25, 0.3) is 0 Å². The molecule has 2 aromatic rings. The van der Waals surface area contributed by atoms with Gasteiger partial charge in [0.2, 0.25) is 5.91 Å². The molecule has 0 aliphatic carbocycles. The topological polar surface area (TPSA) is 77.2 Å². The van der Waals surface area contributed by atoms with Crippen LogP contribution < -0.4 is 5.73 Å². The van der Waals surface area contributed by atoms with E-state index in [0.29, 0.717) is 5.56 Å². The van der Waals surface area contributed by atoms with Crippen molar-refractivity contribution in [2.24, 2.45) is 5.73 Å². The third kappa shape index (κ3) is 3.33. The number of nitrogens with two attached hydrogens (primary N) is 1. The van der Waals surface area contributed by atoms with Crippen LogP contribution in [0, 0.1) is 6.92 Å². The summed E-state index contributed by atoms with van der Waals surface area (Å²) in [6.45, 7) is 1.86. The number of halogens is 1. The van der Waals surface area contributed by atoms with E-state index >= 15 is 0 Å². The van der Waals surface area contributed by atoms with Crippen molar-refractivity contribution in [2.75, 3.05) is 0 Å². The lowest BCUT2D eigenvalue weighted by molar-refractivity contribution is -0.117. The average molecular weight is 368 g/mol. The molecule has 0 spiro atoms. The highest BCUT2D eigenvalue weighted by Gasteiger charge is 2.33. The molecule has 0 saturated heterocycles. The Hall–Kier alpha value is -1.66. The largest absolute Gasteiger partial charge is 0.368 e. The fourth-order valence-electron chi connectivity index (χ4n) is 2.00. The Morgan fingerprint density at radius 3 is 2.05 bits per heavy atom. The number of benzene rings is 2. The maximum Gasteiger partial charge on any atom is 0.240 e. The van der Waals surface area contributed by atoms with Gasteiger partial charge in [0.05, 0.1) is 4.90 Å². The number of carbonyl (C=O) groups excluding carboxylic acids is 1. The van der Waals surface area contributed by atoms with Crippen molar-refractivity contribution in [3.63, 3.8) is 0 Å². The minimum atomic E-state index is -3.87. The van der Waals surface area contributed by atoms with Gasteiger partial charge in [-0.05, 0) is 36.8 Å². The fraction of sp³-hybridized carbons (Fsp3) is 0.133. The molecule has 2 N–H and O–H groups in total. The summed E-state index contributed by atoms with van der Waals surface area (Å²) in [6, 6.07) is 12.8. The summed E-state index contributed by atoms with van der Waals surface area (Å²) in [5.41, 5.74) is 6.62. The molecule has 1 amide bonds. The number of amides is 1. The van der Waals surface area contributed by atoms with Gasteiger partial charge in [-0.3, -0.25) is 4.79 Å². The van der Waals surface area contributed by atoms with Gasteiger partial charge in [0.1, 0.15) is 0 Å². The summed E-state index contributed by atoms with van der Waals surface area (Å²) < 4.78 is 26.1. The second kappa shape index (κ2) is 5.99. The van der Waals surface area contributed by atoms with Gasteiger partial charge < -0.3 is 5.73 Å². The van der Waals surface area contributed by atoms with Gasteiger partial charge in [0.15, 0.2) is 15.1 Å². The predicted molar refractivity (Wildman–Crippen MR) is 84.4 cm³/mol. The summed E-state index contributed by atoms with van der Waals surface area (Å²) in [5, 5.41) is -1.40. The van der Waals surface area contributed by atoms with Crippen molar-refractivity contribution < 1.29 is 13.2 Å². The third-order valence-electron chi connectivity index (χ3n) is 3.09. The molecule has 1 atom stereocenters. The van der Waals surface area contributed by atoms with Crippen molar-refractivity contribution in [3.05, 3.63) is 64.1 Å². The Morgan fingerprint density at radius 1 is 1.05 bits per heavy atom. The van der Waals surface area contributed by atoms with E-state index in [1.807, 2.05) is 6.92 Å². The molecule has 0 saturated carbocycles. The predicted octanol–water partition coefficient (Wildman–Crippen LogP) is 2.76. The van der Waals surface area contributed by atoms with E-state index in [2.05, 4.69) is 15.9 Å².